The smallest absolute Gasteiger partial charge is 0.266 e. The molecule has 11 nitrogen and oxygen atoms in total. The van der Waals surface area contributed by atoms with Crippen LogP contribution in [-0.2, 0) is 35.8 Å². The van der Waals surface area contributed by atoms with Gasteiger partial charge in [0.15, 0.2) is 5.71 Å². The highest BCUT2D eigenvalue weighted by atomic mass is 32.2. The van der Waals surface area contributed by atoms with Crippen molar-refractivity contribution < 1.29 is 43.5 Å². The summed E-state index contributed by atoms with van der Waals surface area (Å²) in [5.74, 6) is -1.50. The van der Waals surface area contributed by atoms with E-state index in [0.717, 1.165) is 28.1 Å². The summed E-state index contributed by atoms with van der Waals surface area (Å²) in [4.78, 5) is 1.46. The molecule has 0 spiro atoms. The molecule has 0 saturated heterocycles. The third-order valence-electron chi connectivity index (χ3n) is 7.01. The molecule has 14 heteroatoms. The Hall–Kier alpha value is -2.62. The number of nitrogens with zero attached hydrogens (tertiary/aromatic N) is 2. The molecule has 1 aliphatic heterocycles. The van der Waals surface area contributed by atoms with Gasteiger partial charge in [-0.05, 0) is 57.0 Å². The highest BCUT2D eigenvalue weighted by molar-refractivity contribution is 7.86. The number of benzene rings is 2. The summed E-state index contributed by atoms with van der Waals surface area (Å²) in [5.41, 5.74) is 5.31. The molecule has 2 aromatic rings. The minimum atomic E-state index is -4.28. The Bertz CT molecular complexity index is 1610. The Balaban J connectivity index is 1.88. The minimum absolute atomic E-state index is 0.167. The average molecular weight is 630 g/mol. The standard InChI is InChI=1S/C27H36N2O9S3/c1-21-6-12-25-24(20-21)27(2,3)26(29(25)14-4-5-17-39(30,31)32)13-9-22-7-10-23(11-8-22)28(15-18-40(33,34)35)16-19-41(36,37)38/h6-13,20H,4-5,14-19H2,1-3H3,(H2-,30,31,32,33,34,35,36,37,38)/p+1. The number of hydrogen-bond donors (Lipinski definition) is 3. The van der Waals surface area contributed by atoms with Crippen molar-refractivity contribution in [1.29, 1.82) is 0 Å². The molecule has 0 fully saturated rings. The van der Waals surface area contributed by atoms with E-state index in [1.165, 1.54) is 4.90 Å². The largest absolute Gasteiger partial charge is 0.369 e. The van der Waals surface area contributed by atoms with Crippen molar-refractivity contribution in [3.05, 3.63) is 65.2 Å². The minimum Gasteiger partial charge on any atom is -0.369 e. The molecule has 0 amide bonds. The monoisotopic (exact) mass is 629 g/mol. The van der Waals surface area contributed by atoms with Crippen LogP contribution in [0, 0.1) is 6.92 Å². The summed E-state index contributed by atoms with van der Waals surface area (Å²) in [5, 5.41) is 0. The predicted octanol–water partition coefficient (Wildman–Crippen LogP) is 3.33. The second-order valence-corrected chi connectivity index (χ2v) is 15.4. The van der Waals surface area contributed by atoms with Gasteiger partial charge in [-0.3, -0.25) is 13.7 Å². The fourth-order valence-electron chi connectivity index (χ4n) is 4.88. The average Bonchev–Trinajstić information content (AvgIpc) is 3.04. The summed E-state index contributed by atoms with van der Waals surface area (Å²) >= 11 is 0. The van der Waals surface area contributed by atoms with Crippen LogP contribution in [0.5, 0.6) is 0 Å². The van der Waals surface area contributed by atoms with Gasteiger partial charge >= 0.3 is 0 Å². The summed E-state index contributed by atoms with van der Waals surface area (Å²) in [6.07, 6.45) is 4.80. The summed E-state index contributed by atoms with van der Waals surface area (Å²) in [7, 11) is -12.6. The molecule has 1 aliphatic rings. The van der Waals surface area contributed by atoms with Crippen molar-refractivity contribution in [3.8, 4) is 0 Å². The Labute approximate surface area is 242 Å². The van der Waals surface area contributed by atoms with Gasteiger partial charge in [0.05, 0.1) is 22.7 Å². The SMILES string of the molecule is Cc1ccc2c(c1)C(C)(C)C(/C=C/c1ccc(N(CCS(=O)(=O)O)CCS(=O)(=O)O)cc1)=[N+]2CCCCS(=O)(=O)O. The van der Waals surface area contributed by atoms with Crippen LogP contribution in [0.15, 0.2) is 48.5 Å². The fourth-order valence-corrected chi connectivity index (χ4v) is 6.35. The molecule has 0 radical (unpaired) electrons. The Kier molecular flexibility index (Phi) is 10.2. The number of hydrogen-bond acceptors (Lipinski definition) is 7. The van der Waals surface area contributed by atoms with Gasteiger partial charge in [-0.25, -0.2) is 0 Å². The molecule has 0 atom stereocenters. The van der Waals surface area contributed by atoms with Gasteiger partial charge in [0.1, 0.15) is 6.54 Å². The normalized spacial score (nSPS) is 15.5. The number of allylic oxidation sites excluding steroid dienone is 1. The Morgan fingerprint density at radius 3 is 1.88 bits per heavy atom. The van der Waals surface area contributed by atoms with Crippen molar-refractivity contribution in [3.63, 3.8) is 0 Å². The number of rotatable bonds is 14. The molecular weight excluding hydrogens is 593 g/mol. The molecular formula is C27H37N2O9S3+. The van der Waals surface area contributed by atoms with Crippen LogP contribution in [-0.4, -0.2) is 86.1 Å². The van der Waals surface area contributed by atoms with Gasteiger partial charge in [0.2, 0.25) is 5.69 Å². The third kappa shape index (κ3) is 9.72. The van der Waals surface area contributed by atoms with Crippen LogP contribution in [0.3, 0.4) is 0 Å². The Morgan fingerprint density at radius 2 is 1.34 bits per heavy atom. The molecule has 0 saturated carbocycles. The highest BCUT2D eigenvalue weighted by Crippen LogP contribution is 2.40. The zero-order valence-electron chi connectivity index (χ0n) is 23.3. The summed E-state index contributed by atoms with van der Waals surface area (Å²) in [6, 6.07) is 13.2. The lowest BCUT2D eigenvalue weighted by atomic mass is 9.81. The molecule has 41 heavy (non-hydrogen) atoms. The quantitative estimate of drug-likeness (QED) is 0.160. The van der Waals surface area contributed by atoms with Gasteiger partial charge in [0, 0.05) is 42.9 Å². The lowest BCUT2D eigenvalue weighted by molar-refractivity contribution is -0.438. The van der Waals surface area contributed by atoms with E-state index in [9.17, 15) is 25.3 Å². The first-order chi connectivity index (χ1) is 18.9. The number of fused-ring (bicyclic) bond motifs is 1. The molecule has 0 aromatic heterocycles. The zero-order valence-corrected chi connectivity index (χ0v) is 25.7. The highest BCUT2D eigenvalue weighted by Gasteiger charge is 2.44. The van der Waals surface area contributed by atoms with Crippen LogP contribution in [0.2, 0.25) is 0 Å². The van der Waals surface area contributed by atoms with Crippen LogP contribution < -0.4 is 4.90 Å². The molecule has 0 bridgehead atoms. The third-order valence-corrected chi connectivity index (χ3v) is 9.21. The van der Waals surface area contributed by atoms with E-state index in [-0.39, 0.29) is 24.3 Å². The van der Waals surface area contributed by atoms with Crippen molar-refractivity contribution in [1.82, 2.24) is 0 Å². The fraction of sp³-hybridized carbons (Fsp3) is 0.444. The number of aryl methyl sites for hydroxylation is 1. The van der Waals surface area contributed by atoms with Gasteiger partial charge in [-0.1, -0.05) is 23.8 Å². The maximum Gasteiger partial charge on any atom is 0.266 e. The maximum atomic E-state index is 11.2. The van der Waals surface area contributed by atoms with E-state index in [1.54, 1.807) is 24.3 Å². The summed E-state index contributed by atoms with van der Waals surface area (Å²) in [6.45, 7) is 6.49. The predicted molar refractivity (Wildman–Crippen MR) is 160 cm³/mol. The topological polar surface area (TPSA) is 169 Å². The molecule has 0 unspecified atom stereocenters. The van der Waals surface area contributed by atoms with Crippen LogP contribution in [0.4, 0.5) is 11.4 Å². The van der Waals surface area contributed by atoms with E-state index in [1.807, 2.05) is 25.1 Å². The first-order valence-corrected chi connectivity index (χ1v) is 17.8. The van der Waals surface area contributed by atoms with Gasteiger partial charge < -0.3 is 4.90 Å². The van der Waals surface area contributed by atoms with Crippen LogP contribution >= 0.6 is 0 Å². The van der Waals surface area contributed by atoms with Gasteiger partial charge in [-0.15, -0.1) is 0 Å². The first kappa shape index (κ1) is 32.9. The molecule has 3 N–H and O–H groups in total. The van der Waals surface area contributed by atoms with Crippen LogP contribution in [0.25, 0.3) is 6.08 Å². The zero-order chi connectivity index (χ0) is 30.6. The Morgan fingerprint density at radius 1 is 0.780 bits per heavy atom. The van der Waals surface area contributed by atoms with Gasteiger partial charge in [-0.2, -0.15) is 29.8 Å². The van der Waals surface area contributed by atoms with E-state index >= 15 is 0 Å². The lowest BCUT2D eigenvalue weighted by Crippen LogP contribution is -2.33. The van der Waals surface area contributed by atoms with Crippen molar-refractivity contribution in [2.45, 2.75) is 39.0 Å². The molecule has 1 heterocycles. The second-order valence-electron chi connectivity index (χ2n) is 10.7. The first-order valence-electron chi connectivity index (χ1n) is 13.0. The maximum absolute atomic E-state index is 11.2. The van der Waals surface area contributed by atoms with E-state index < -0.39 is 41.9 Å². The number of unbranched alkanes of at least 4 members (excludes halogenated alkanes) is 1. The summed E-state index contributed by atoms with van der Waals surface area (Å²) < 4.78 is 96.8. The van der Waals surface area contributed by atoms with Gasteiger partial charge in [0.25, 0.3) is 30.4 Å². The van der Waals surface area contributed by atoms with E-state index in [4.69, 9.17) is 13.7 Å². The van der Waals surface area contributed by atoms with Crippen molar-refractivity contribution in [2.75, 3.05) is 41.8 Å². The molecule has 226 valence electrons. The second kappa shape index (κ2) is 12.7. The van der Waals surface area contributed by atoms with E-state index in [2.05, 4.69) is 30.6 Å². The number of anilines is 1. The van der Waals surface area contributed by atoms with E-state index in [0.29, 0.717) is 25.1 Å². The molecule has 2 aromatic carbocycles. The van der Waals surface area contributed by atoms with Crippen molar-refractivity contribution in [2.24, 2.45) is 0 Å². The molecule has 0 aliphatic carbocycles. The van der Waals surface area contributed by atoms with Crippen molar-refractivity contribution >= 4 is 53.5 Å². The molecule has 3 rings (SSSR count). The lowest BCUT2D eigenvalue weighted by Gasteiger charge is -2.24. The van der Waals surface area contributed by atoms with Crippen LogP contribution in [0.1, 0.15) is 43.4 Å².